The summed E-state index contributed by atoms with van der Waals surface area (Å²) in [6.07, 6.45) is 5.20. The topological polar surface area (TPSA) is 61.6 Å². The Morgan fingerprint density at radius 3 is 2.73 bits per heavy atom. The molecule has 3 heterocycles. The van der Waals surface area contributed by atoms with Crippen LogP contribution in [0.4, 0.5) is 11.5 Å². The number of aryl methyl sites for hydroxylation is 1. The Morgan fingerprint density at radius 2 is 1.92 bits per heavy atom. The zero-order valence-electron chi connectivity index (χ0n) is 15.0. The number of hydrogen-bond acceptors (Lipinski definition) is 5. The fourth-order valence-corrected chi connectivity index (χ4v) is 3.92. The van der Waals surface area contributed by atoms with Crippen molar-refractivity contribution in [3.8, 4) is 0 Å². The fraction of sp³-hybridized carbons (Fsp3) is 0.500. The van der Waals surface area contributed by atoms with Gasteiger partial charge in [0.15, 0.2) is 0 Å². The summed E-state index contributed by atoms with van der Waals surface area (Å²) in [5.41, 5.74) is 2.68. The standard InChI is InChI=1S/C20H26N4O2/c25-17-7-10-23(11-8-17)19-14-20(26)24(15-21-19)13-12-22-9-3-5-16-4-1-2-6-18(16)22/h1-2,4,6,14-15,17,25H,3,5,7-13H2. The van der Waals surface area contributed by atoms with Crippen molar-refractivity contribution in [3.05, 3.63) is 52.6 Å². The first-order chi connectivity index (χ1) is 12.7. The highest BCUT2D eigenvalue weighted by Gasteiger charge is 2.19. The van der Waals surface area contributed by atoms with Gasteiger partial charge in [0.1, 0.15) is 5.82 Å². The van der Waals surface area contributed by atoms with Gasteiger partial charge in [0.2, 0.25) is 0 Å². The molecule has 26 heavy (non-hydrogen) atoms. The van der Waals surface area contributed by atoms with E-state index in [1.54, 1.807) is 17.0 Å². The molecule has 0 unspecified atom stereocenters. The molecule has 1 fully saturated rings. The van der Waals surface area contributed by atoms with E-state index in [-0.39, 0.29) is 11.7 Å². The van der Waals surface area contributed by atoms with Crippen LogP contribution in [0.1, 0.15) is 24.8 Å². The van der Waals surface area contributed by atoms with Gasteiger partial charge >= 0.3 is 0 Å². The van der Waals surface area contributed by atoms with Crippen LogP contribution in [0.15, 0.2) is 41.5 Å². The Labute approximate surface area is 153 Å². The molecule has 2 aliphatic heterocycles. The minimum Gasteiger partial charge on any atom is -0.393 e. The van der Waals surface area contributed by atoms with Crippen LogP contribution >= 0.6 is 0 Å². The molecule has 1 aromatic heterocycles. The Kier molecular flexibility index (Phi) is 4.93. The molecule has 0 amide bonds. The summed E-state index contributed by atoms with van der Waals surface area (Å²) in [5, 5.41) is 9.62. The van der Waals surface area contributed by atoms with Crippen LogP contribution in [0.25, 0.3) is 0 Å². The zero-order valence-corrected chi connectivity index (χ0v) is 15.0. The molecular weight excluding hydrogens is 328 g/mol. The Bertz CT molecular complexity index is 811. The third-order valence-electron chi connectivity index (χ3n) is 5.47. The minimum atomic E-state index is -0.223. The molecule has 2 aromatic rings. The smallest absolute Gasteiger partial charge is 0.255 e. The van der Waals surface area contributed by atoms with Crippen molar-refractivity contribution in [1.82, 2.24) is 9.55 Å². The van der Waals surface area contributed by atoms with E-state index >= 15 is 0 Å². The molecule has 0 bridgehead atoms. The zero-order chi connectivity index (χ0) is 17.9. The molecule has 0 aliphatic carbocycles. The van der Waals surface area contributed by atoms with Crippen molar-refractivity contribution in [1.29, 1.82) is 0 Å². The van der Waals surface area contributed by atoms with Crippen LogP contribution in [0.5, 0.6) is 0 Å². The molecule has 0 radical (unpaired) electrons. The van der Waals surface area contributed by atoms with Gasteiger partial charge in [-0.15, -0.1) is 0 Å². The first kappa shape index (κ1) is 17.1. The van der Waals surface area contributed by atoms with Gasteiger partial charge in [-0.05, 0) is 37.3 Å². The van der Waals surface area contributed by atoms with Crippen molar-refractivity contribution < 1.29 is 5.11 Å². The second-order valence-corrected chi connectivity index (χ2v) is 7.22. The molecule has 2 aliphatic rings. The highest BCUT2D eigenvalue weighted by Crippen LogP contribution is 2.26. The molecular formula is C20H26N4O2. The minimum absolute atomic E-state index is 0.00795. The first-order valence-electron chi connectivity index (χ1n) is 9.53. The van der Waals surface area contributed by atoms with Crippen LogP contribution in [-0.4, -0.2) is 46.9 Å². The summed E-state index contributed by atoms with van der Waals surface area (Å²) in [4.78, 5) is 21.4. The van der Waals surface area contributed by atoms with E-state index in [4.69, 9.17) is 0 Å². The van der Waals surface area contributed by atoms with Crippen LogP contribution in [0.3, 0.4) is 0 Å². The molecule has 6 heteroatoms. The van der Waals surface area contributed by atoms with Crippen molar-refractivity contribution >= 4 is 11.5 Å². The van der Waals surface area contributed by atoms with Gasteiger partial charge in [-0.3, -0.25) is 9.36 Å². The van der Waals surface area contributed by atoms with Gasteiger partial charge in [0, 0.05) is 44.5 Å². The van der Waals surface area contributed by atoms with E-state index in [2.05, 4.69) is 39.0 Å². The van der Waals surface area contributed by atoms with Gasteiger partial charge in [-0.1, -0.05) is 18.2 Å². The molecule has 0 saturated carbocycles. The lowest BCUT2D eigenvalue weighted by Crippen LogP contribution is -2.38. The van der Waals surface area contributed by atoms with Gasteiger partial charge < -0.3 is 14.9 Å². The van der Waals surface area contributed by atoms with Crippen LogP contribution in [0.2, 0.25) is 0 Å². The third kappa shape index (κ3) is 3.60. The van der Waals surface area contributed by atoms with Gasteiger partial charge in [-0.2, -0.15) is 0 Å². The molecule has 6 nitrogen and oxygen atoms in total. The number of rotatable bonds is 4. The number of piperidine rings is 1. The van der Waals surface area contributed by atoms with Gasteiger partial charge in [0.05, 0.1) is 12.4 Å². The maximum absolute atomic E-state index is 12.5. The Morgan fingerprint density at radius 1 is 1.12 bits per heavy atom. The maximum Gasteiger partial charge on any atom is 0.255 e. The highest BCUT2D eigenvalue weighted by atomic mass is 16.3. The number of anilines is 2. The molecule has 1 saturated heterocycles. The van der Waals surface area contributed by atoms with E-state index in [1.807, 2.05) is 0 Å². The van der Waals surface area contributed by atoms with Crippen LogP contribution in [0, 0.1) is 0 Å². The van der Waals surface area contributed by atoms with Crippen molar-refractivity contribution in [2.75, 3.05) is 36.0 Å². The summed E-state index contributed by atoms with van der Waals surface area (Å²) >= 11 is 0. The number of aliphatic hydroxyl groups is 1. The summed E-state index contributed by atoms with van der Waals surface area (Å²) < 4.78 is 1.69. The molecule has 1 N–H and O–H groups in total. The Balaban J connectivity index is 1.42. The lowest BCUT2D eigenvalue weighted by Gasteiger charge is -2.32. The Hall–Kier alpha value is -2.34. The normalized spacial score (nSPS) is 18.0. The quantitative estimate of drug-likeness (QED) is 0.905. The summed E-state index contributed by atoms with van der Waals surface area (Å²) in [6.45, 7) is 3.99. The predicted octanol–water partition coefficient (Wildman–Crippen LogP) is 1.66. The first-order valence-corrected chi connectivity index (χ1v) is 9.53. The second-order valence-electron chi connectivity index (χ2n) is 7.22. The van der Waals surface area contributed by atoms with Crippen LogP contribution < -0.4 is 15.4 Å². The molecule has 0 spiro atoms. The van der Waals surface area contributed by atoms with Gasteiger partial charge in [0.25, 0.3) is 5.56 Å². The predicted molar refractivity (Wildman–Crippen MR) is 103 cm³/mol. The van der Waals surface area contributed by atoms with E-state index in [1.165, 1.54) is 11.3 Å². The number of benzene rings is 1. The van der Waals surface area contributed by atoms with Crippen molar-refractivity contribution in [3.63, 3.8) is 0 Å². The molecule has 0 atom stereocenters. The number of fused-ring (bicyclic) bond motifs is 1. The maximum atomic E-state index is 12.5. The lowest BCUT2D eigenvalue weighted by molar-refractivity contribution is 0.145. The van der Waals surface area contributed by atoms with E-state index in [0.29, 0.717) is 6.54 Å². The molecule has 138 valence electrons. The van der Waals surface area contributed by atoms with E-state index in [0.717, 1.165) is 57.7 Å². The molecule has 4 rings (SSSR count). The van der Waals surface area contributed by atoms with Crippen LogP contribution in [-0.2, 0) is 13.0 Å². The monoisotopic (exact) mass is 354 g/mol. The summed E-state index contributed by atoms with van der Waals surface area (Å²) in [5.74, 6) is 0.724. The largest absolute Gasteiger partial charge is 0.393 e. The highest BCUT2D eigenvalue weighted by molar-refractivity contribution is 5.55. The third-order valence-corrected chi connectivity index (χ3v) is 5.47. The molecule has 1 aromatic carbocycles. The average molecular weight is 354 g/mol. The van der Waals surface area contributed by atoms with E-state index < -0.39 is 0 Å². The summed E-state index contributed by atoms with van der Waals surface area (Å²) in [7, 11) is 0. The second kappa shape index (κ2) is 7.50. The van der Waals surface area contributed by atoms with Gasteiger partial charge in [-0.25, -0.2) is 4.98 Å². The van der Waals surface area contributed by atoms with E-state index in [9.17, 15) is 9.90 Å². The number of aromatic nitrogens is 2. The van der Waals surface area contributed by atoms with Crippen molar-refractivity contribution in [2.24, 2.45) is 0 Å². The fourth-order valence-electron chi connectivity index (χ4n) is 3.92. The number of aliphatic hydroxyl groups excluding tert-OH is 1. The number of nitrogens with zero attached hydrogens (tertiary/aromatic N) is 4. The lowest BCUT2D eigenvalue weighted by atomic mass is 10.0. The number of para-hydroxylation sites is 1. The SMILES string of the molecule is O=c1cc(N2CCC(O)CC2)ncn1CCN1CCCc2ccccc21. The van der Waals surface area contributed by atoms with Crippen molar-refractivity contribution in [2.45, 2.75) is 38.3 Å². The average Bonchev–Trinajstić information content (AvgIpc) is 2.67. The summed E-state index contributed by atoms with van der Waals surface area (Å²) in [6, 6.07) is 10.2. The number of hydrogen-bond donors (Lipinski definition) is 1.